The van der Waals surface area contributed by atoms with E-state index in [-0.39, 0.29) is 6.10 Å². The normalized spacial score (nSPS) is 14.1. The van der Waals surface area contributed by atoms with Gasteiger partial charge in [0.15, 0.2) is 0 Å². The van der Waals surface area contributed by atoms with Crippen LogP contribution in [0.15, 0.2) is 24.5 Å². The van der Waals surface area contributed by atoms with E-state index in [2.05, 4.69) is 32.9 Å². The zero-order chi connectivity index (χ0) is 9.94. The second-order valence-electron chi connectivity index (χ2n) is 3.08. The van der Waals surface area contributed by atoms with Gasteiger partial charge in [0.25, 0.3) is 0 Å². The van der Waals surface area contributed by atoms with Gasteiger partial charge in [-0.1, -0.05) is 39.3 Å². The summed E-state index contributed by atoms with van der Waals surface area (Å²) in [4.78, 5) is 0. The predicted molar refractivity (Wildman–Crippen MR) is 58.6 cm³/mol. The number of unbranched alkanes of at least 4 members (excludes halogenated alkanes) is 1. The van der Waals surface area contributed by atoms with Crippen molar-refractivity contribution in [3.8, 4) is 0 Å². The van der Waals surface area contributed by atoms with Gasteiger partial charge in [0.05, 0.1) is 6.26 Å². The van der Waals surface area contributed by atoms with Gasteiger partial charge in [-0.25, -0.2) is 0 Å². The Morgan fingerprint density at radius 2 is 1.92 bits per heavy atom. The van der Waals surface area contributed by atoms with Gasteiger partial charge in [0, 0.05) is 0 Å². The standard InChI is InChI=1S/C12H22O/c1-4-7-9-10-12(6-3)13-11-8-5-2/h8-12H,4-7H2,1-3H3. The molecule has 0 fully saturated rings. The van der Waals surface area contributed by atoms with Crippen LogP contribution in [-0.4, -0.2) is 6.10 Å². The van der Waals surface area contributed by atoms with Crippen molar-refractivity contribution in [2.75, 3.05) is 0 Å². The Morgan fingerprint density at radius 1 is 1.15 bits per heavy atom. The van der Waals surface area contributed by atoms with Crippen LogP contribution in [0.5, 0.6) is 0 Å². The number of hydrogen-bond donors (Lipinski definition) is 0. The highest BCUT2D eigenvalue weighted by Gasteiger charge is 1.97. The largest absolute Gasteiger partial charge is 0.494 e. The second-order valence-corrected chi connectivity index (χ2v) is 3.08. The van der Waals surface area contributed by atoms with E-state index in [1.165, 1.54) is 6.42 Å². The molecule has 1 nitrogen and oxygen atoms in total. The van der Waals surface area contributed by atoms with Gasteiger partial charge in [-0.05, 0) is 25.3 Å². The minimum atomic E-state index is 0.259. The van der Waals surface area contributed by atoms with Gasteiger partial charge in [0.2, 0.25) is 0 Å². The third-order valence-corrected chi connectivity index (χ3v) is 1.79. The Kier molecular flexibility index (Phi) is 8.85. The molecule has 0 bridgehead atoms. The Balaban J connectivity index is 3.68. The van der Waals surface area contributed by atoms with Crippen LogP contribution in [0.25, 0.3) is 0 Å². The molecule has 1 unspecified atom stereocenters. The third kappa shape index (κ3) is 7.63. The summed E-state index contributed by atoms with van der Waals surface area (Å²) in [5.41, 5.74) is 0. The molecule has 0 saturated heterocycles. The van der Waals surface area contributed by atoms with E-state index in [1.54, 1.807) is 0 Å². The highest BCUT2D eigenvalue weighted by molar-refractivity contribution is 4.90. The molecule has 0 aromatic rings. The average Bonchev–Trinajstić information content (AvgIpc) is 2.16. The molecule has 0 heterocycles. The van der Waals surface area contributed by atoms with Crippen molar-refractivity contribution in [2.24, 2.45) is 0 Å². The van der Waals surface area contributed by atoms with E-state index in [0.717, 1.165) is 19.3 Å². The van der Waals surface area contributed by atoms with E-state index in [4.69, 9.17) is 4.74 Å². The zero-order valence-electron chi connectivity index (χ0n) is 9.12. The van der Waals surface area contributed by atoms with Crippen molar-refractivity contribution in [1.29, 1.82) is 0 Å². The number of allylic oxidation sites excluding steroid dienone is 2. The number of rotatable bonds is 7. The van der Waals surface area contributed by atoms with Crippen molar-refractivity contribution in [1.82, 2.24) is 0 Å². The molecule has 1 heteroatoms. The molecule has 13 heavy (non-hydrogen) atoms. The smallest absolute Gasteiger partial charge is 0.116 e. The third-order valence-electron chi connectivity index (χ3n) is 1.79. The molecule has 0 aliphatic carbocycles. The van der Waals surface area contributed by atoms with Crippen LogP contribution < -0.4 is 0 Å². The lowest BCUT2D eigenvalue weighted by molar-refractivity contribution is 0.182. The topological polar surface area (TPSA) is 9.23 Å². The van der Waals surface area contributed by atoms with Crippen molar-refractivity contribution in [3.05, 3.63) is 24.5 Å². The fourth-order valence-electron chi connectivity index (χ4n) is 0.945. The van der Waals surface area contributed by atoms with Crippen LogP contribution in [-0.2, 0) is 4.74 Å². The van der Waals surface area contributed by atoms with Crippen LogP contribution in [0.4, 0.5) is 0 Å². The molecule has 0 rings (SSSR count). The first kappa shape index (κ1) is 12.3. The first-order valence-corrected chi connectivity index (χ1v) is 5.32. The highest BCUT2D eigenvalue weighted by Crippen LogP contribution is 2.02. The van der Waals surface area contributed by atoms with E-state index in [0.29, 0.717) is 0 Å². The SMILES string of the molecule is CCC=COC(C=CCCC)CC. The Bertz CT molecular complexity index is 147. The van der Waals surface area contributed by atoms with Crippen molar-refractivity contribution in [3.63, 3.8) is 0 Å². The molecule has 76 valence electrons. The van der Waals surface area contributed by atoms with Crippen molar-refractivity contribution in [2.45, 2.75) is 52.6 Å². The average molecular weight is 182 g/mol. The summed E-state index contributed by atoms with van der Waals surface area (Å²) >= 11 is 0. The summed E-state index contributed by atoms with van der Waals surface area (Å²) in [6.07, 6.45) is 12.9. The first-order valence-electron chi connectivity index (χ1n) is 5.32. The summed E-state index contributed by atoms with van der Waals surface area (Å²) in [6, 6.07) is 0. The van der Waals surface area contributed by atoms with Crippen LogP contribution in [0, 0.1) is 0 Å². The molecule has 0 saturated carbocycles. The Morgan fingerprint density at radius 3 is 2.46 bits per heavy atom. The summed E-state index contributed by atoms with van der Waals surface area (Å²) < 4.78 is 5.51. The molecule has 0 spiro atoms. The number of hydrogen-bond acceptors (Lipinski definition) is 1. The van der Waals surface area contributed by atoms with Crippen molar-refractivity contribution >= 4 is 0 Å². The highest BCUT2D eigenvalue weighted by atomic mass is 16.5. The summed E-state index contributed by atoms with van der Waals surface area (Å²) in [7, 11) is 0. The lowest BCUT2D eigenvalue weighted by Gasteiger charge is -2.09. The molecule has 0 aromatic carbocycles. The second kappa shape index (κ2) is 9.37. The van der Waals surface area contributed by atoms with Gasteiger partial charge in [-0.2, -0.15) is 0 Å². The maximum absolute atomic E-state index is 5.51. The van der Waals surface area contributed by atoms with Crippen LogP contribution in [0.1, 0.15) is 46.5 Å². The molecular weight excluding hydrogens is 160 g/mol. The molecule has 1 atom stereocenters. The quantitative estimate of drug-likeness (QED) is 0.426. The lowest BCUT2D eigenvalue weighted by Crippen LogP contribution is -2.03. The zero-order valence-corrected chi connectivity index (χ0v) is 9.12. The lowest BCUT2D eigenvalue weighted by atomic mass is 10.2. The molecule has 0 amide bonds. The minimum absolute atomic E-state index is 0.259. The Hall–Kier alpha value is -0.720. The van der Waals surface area contributed by atoms with Crippen LogP contribution >= 0.6 is 0 Å². The van der Waals surface area contributed by atoms with E-state index >= 15 is 0 Å². The maximum Gasteiger partial charge on any atom is 0.116 e. The monoisotopic (exact) mass is 182 g/mol. The summed E-state index contributed by atoms with van der Waals surface area (Å²) in [5, 5.41) is 0. The molecule has 0 N–H and O–H groups in total. The van der Waals surface area contributed by atoms with Gasteiger partial charge >= 0.3 is 0 Å². The summed E-state index contributed by atoms with van der Waals surface area (Å²) in [5.74, 6) is 0. The van der Waals surface area contributed by atoms with Gasteiger partial charge < -0.3 is 4.74 Å². The fourth-order valence-corrected chi connectivity index (χ4v) is 0.945. The van der Waals surface area contributed by atoms with E-state index in [9.17, 15) is 0 Å². The van der Waals surface area contributed by atoms with Gasteiger partial charge in [-0.3, -0.25) is 0 Å². The molecule has 0 aliphatic heterocycles. The molecule has 0 radical (unpaired) electrons. The molecular formula is C12H22O. The van der Waals surface area contributed by atoms with E-state index < -0.39 is 0 Å². The van der Waals surface area contributed by atoms with E-state index in [1.807, 2.05) is 12.3 Å². The predicted octanol–water partition coefficient (Wildman–Crippen LogP) is 4.06. The molecule has 0 aromatic heterocycles. The minimum Gasteiger partial charge on any atom is -0.494 e. The first-order chi connectivity index (χ1) is 6.35. The van der Waals surface area contributed by atoms with Crippen molar-refractivity contribution < 1.29 is 4.74 Å². The van der Waals surface area contributed by atoms with Crippen LogP contribution in [0.3, 0.4) is 0 Å². The summed E-state index contributed by atoms with van der Waals surface area (Å²) in [6.45, 7) is 6.43. The van der Waals surface area contributed by atoms with Gasteiger partial charge in [0.1, 0.15) is 6.10 Å². The Labute approximate surface area is 82.5 Å². The number of ether oxygens (including phenoxy) is 1. The van der Waals surface area contributed by atoms with Crippen LogP contribution in [0.2, 0.25) is 0 Å². The maximum atomic E-state index is 5.51. The molecule has 0 aliphatic rings. The fraction of sp³-hybridized carbons (Fsp3) is 0.667. The van der Waals surface area contributed by atoms with Gasteiger partial charge in [-0.15, -0.1) is 0 Å².